The Labute approximate surface area is 214 Å². The fourth-order valence-electron chi connectivity index (χ4n) is 4.87. The van der Waals surface area contributed by atoms with Crippen molar-refractivity contribution in [3.63, 3.8) is 0 Å². The highest BCUT2D eigenvalue weighted by Gasteiger charge is 2.45. The molecule has 0 fully saturated rings. The van der Waals surface area contributed by atoms with Crippen LogP contribution in [0.15, 0.2) is 48.5 Å². The average Bonchev–Trinajstić information content (AvgIpc) is 3.24. The van der Waals surface area contributed by atoms with E-state index in [9.17, 15) is 24.3 Å². The van der Waals surface area contributed by atoms with Crippen molar-refractivity contribution >= 4 is 40.4 Å². The second kappa shape index (κ2) is 10.3. The van der Waals surface area contributed by atoms with Gasteiger partial charge in [0.2, 0.25) is 17.7 Å². The van der Waals surface area contributed by atoms with E-state index in [1.165, 1.54) is 12.1 Å². The molecule has 2 aromatic carbocycles. The van der Waals surface area contributed by atoms with Gasteiger partial charge in [-0.25, -0.2) is 4.79 Å². The van der Waals surface area contributed by atoms with Crippen LogP contribution in [0, 0.1) is 5.92 Å². The minimum absolute atomic E-state index is 0.226. The summed E-state index contributed by atoms with van der Waals surface area (Å²) in [6, 6.07) is 12.9. The first-order valence-corrected chi connectivity index (χ1v) is 12.2. The Morgan fingerprint density at radius 3 is 2.46 bits per heavy atom. The van der Waals surface area contributed by atoms with Crippen molar-refractivity contribution in [1.82, 2.24) is 15.6 Å². The van der Waals surface area contributed by atoms with E-state index in [1.54, 1.807) is 19.1 Å². The second-order valence-corrected chi connectivity index (χ2v) is 9.58. The Kier molecular flexibility index (Phi) is 7.19. The molecule has 0 radical (unpaired) electrons. The molecule has 1 aliphatic carbocycles. The first-order chi connectivity index (χ1) is 17.6. The Morgan fingerprint density at radius 2 is 1.81 bits per heavy atom. The first-order valence-electron chi connectivity index (χ1n) is 12.2. The van der Waals surface area contributed by atoms with Crippen molar-refractivity contribution in [2.45, 2.75) is 51.1 Å². The minimum Gasteiger partial charge on any atom is -0.465 e. The number of carbonyl (C=O) groups is 4. The minimum atomic E-state index is -1.33. The van der Waals surface area contributed by atoms with Crippen molar-refractivity contribution in [2.75, 3.05) is 5.32 Å². The number of anilines is 1. The van der Waals surface area contributed by atoms with Crippen molar-refractivity contribution in [1.29, 1.82) is 0 Å². The van der Waals surface area contributed by atoms with Gasteiger partial charge >= 0.3 is 6.09 Å². The molecule has 194 valence electrons. The van der Waals surface area contributed by atoms with E-state index in [0.29, 0.717) is 30.5 Å². The van der Waals surface area contributed by atoms with Crippen LogP contribution in [0.2, 0.25) is 0 Å². The van der Waals surface area contributed by atoms with E-state index < -0.39 is 35.4 Å². The summed E-state index contributed by atoms with van der Waals surface area (Å²) in [7, 11) is 0. The van der Waals surface area contributed by atoms with Crippen LogP contribution < -0.4 is 21.7 Å². The van der Waals surface area contributed by atoms with Crippen LogP contribution in [0.4, 0.5) is 10.5 Å². The number of rotatable bonds is 8. The lowest BCUT2D eigenvalue weighted by Crippen LogP contribution is -2.63. The molecular weight excluding hydrogens is 474 g/mol. The number of hydrogen-bond acceptors (Lipinski definition) is 4. The molecule has 3 aromatic rings. The number of aromatic amines is 1. The van der Waals surface area contributed by atoms with Gasteiger partial charge in [0.15, 0.2) is 0 Å². The van der Waals surface area contributed by atoms with Crippen LogP contribution >= 0.6 is 0 Å². The maximum Gasteiger partial charge on any atom is 0.405 e. The third kappa shape index (κ3) is 5.28. The van der Waals surface area contributed by atoms with Crippen LogP contribution in [0.5, 0.6) is 0 Å². The first kappa shape index (κ1) is 25.7. The highest BCUT2D eigenvalue weighted by Crippen LogP contribution is 2.35. The molecule has 1 heterocycles. The van der Waals surface area contributed by atoms with Crippen molar-refractivity contribution in [2.24, 2.45) is 11.7 Å². The number of H-pyrrole nitrogens is 1. The summed E-state index contributed by atoms with van der Waals surface area (Å²) >= 11 is 0. The van der Waals surface area contributed by atoms with Gasteiger partial charge in [-0.1, -0.05) is 38.5 Å². The molecular formula is C27H31N5O5. The van der Waals surface area contributed by atoms with E-state index in [-0.39, 0.29) is 12.3 Å². The fourth-order valence-corrected chi connectivity index (χ4v) is 4.87. The number of carboxylic acid groups (broad SMARTS) is 1. The van der Waals surface area contributed by atoms with E-state index in [0.717, 1.165) is 22.2 Å². The third-order valence-electron chi connectivity index (χ3n) is 7.18. The van der Waals surface area contributed by atoms with Gasteiger partial charge in [-0.05, 0) is 54.7 Å². The quantitative estimate of drug-likeness (QED) is 0.276. The van der Waals surface area contributed by atoms with Crippen LogP contribution in [-0.4, -0.2) is 45.5 Å². The van der Waals surface area contributed by atoms with Crippen molar-refractivity contribution in [3.05, 3.63) is 65.4 Å². The van der Waals surface area contributed by atoms with Gasteiger partial charge in [0.1, 0.15) is 11.6 Å². The van der Waals surface area contributed by atoms with E-state index >= 15 is 0 Å². The van der Waals surface area contributed by atoms with E-state index in [1.807, 2.05) is 31.2 Å². The summed E-state index contributed by atoms with van der Waals surface area (Å²) in [5.74, 6) is -1.85. The zero-order chi connectivity index (χ0) is 26.7. The molecule has 0 saturated heterocycles. The Hall–Kier alpha value is -4.34. The monoisotopic (exact) mass is 505 g/mol. The number of para-hydroxylation sites is 1. The number of benzene rings is 2. The predicted molar refractivity (Wildman–Crippen MR) is 139 cm³/mol. The fraction of sp³-hybridized carbons (Fsp3) is 0.333. The number of nitrogens with one attached hydrogen (secondary N) is 4. The van der Waals surface area contributed by atoms with Gasteiger partial charge in [-0.2, -0.15) is 0 Å². The molecule has 0 aliphatic heterocycles. The number of fused-ring (bicyclic) bond motifs is 3. The van der Waals surface area contributed by atoms with Crippen molar-refractivity contribution in [3.8, 4) is 0 Å². The molecule has 0 unspecified atom stereocenters. The molecule has 10 heteroatoms. The molecule has 0 saturated carbocycles. The topological polar surface area (TPSA) is 166 Å². The van der Waals surface area contributed by atoms with Gasteiger partial charge in [-0.15, -0.1) is 0 Å². The lowest BCUT2D eigenvalue weighted by molar-refractivity contribution is -0.132. The molecule has 3 atom stereocenters. The molecule has 1 aromatic heterocycles. The number of hydrogen-bond donors (Lipinski definition) is 6. The maximum atomic E-state index is 13.8. The van der Waals surface area contributed by atoms with E-state index in [2.05, 4.69) is 20.9 Å². The van der Waals surface area contributed by atoms with Crippen LogP contribution in [-0.2, 0) is 22.4 Å². The number of primary amides is 1. The van der Waals surface area contributed by atoms with Gasteiger partial charge in [-0.3, -0.25) is 14.4 Å². The van der Waals surface area contributed by atoms with Gasteiger partial charge in [0.05, 0.1) is 0 Å². The summed E-state index contributed by atoms with van der Waals surface area (Å²) in [5, 5.41) is 18.4. The van der Waals surface area contributed by atoms with E-state index in [4.69, 9.17) is 5.73 Å². The zero-order valence-corrected chi connectivity index (χ0v) is 20.8. The molecule has 0 bridgehead atoms. The summed E-state index contributed by atoms with van der Waals surface area (Å²) in [6.07, 6.45) is 0.305. The average molecular weight is 506 g/mol. The summed E-state index contributed by atoms with van der Waals surface area (Å²) < 4.78 is 0. The number of carbonyl (C=O) groups excluding carboxylic acids is 3. The number of nitrogens with two attached hydrogens (primary N) is 1. The molecule has 1 aliphatic rings. The molecule has 4 amide bonds. The van der Waals surface area contributed by atoms with Crippen LogP contribution in [0.3, 0.4) is 0 Å². The second-order valence-electron chi connectivity index (χ2n) is 9.58. The maximum absolute atomic E-state index is 13.8. The predicted octanol–water partition coefficient (Wildman–Crippen LogP) is 2.93. The summed E-state index contributed by atoms with van der Waals surface area (Å²) in [5.41, 5.74) is 7.62. The normalized spacial score (nSPS) is 18.3. The summed E-state index contributed by atoms with van der Waals surface area (Å²) in [6.45, 7) is 3.65. The Bertz CT molecular complexity index is 1350. The van der Waals surface area contributed by atoms with Gasteiger partial charge in [0.25, 0.3) is 0 Å². The van der Waals surface area contributed by atoms with Crippen molar-refractivity contribution < 1.29 is 24.3 Å². The molecule has 4 rings (SSSR count). The zero-order valence-electron chi connectivity index (χ0n) is 20.8. The van der Waals surface area contributed by atoms with Crippen LogP contribution in [0.25, 0.3) is 10.9 Å². The van der Waals surface area contributed by atoms with Crippen LogP contribution in [0.1, 0.15) is 48.3 Å². The Balaban J connectivity index is 1.69. The number of aromatic nitrogens is 1. The highest BCUT2D eigenvalue weighted by atomic mass is 16.4. The molecule has 10 nitrogen and oxygen atoms in total. The third-order valence-corrected chi connectivity index (χ3v) is 7.18. The lowest BCUT2D eigenvalue weighted by atomic mass is 9.78. The molecule has 37 heavy (non-hydrogen) atoms. The SMILES string of the molecule is CC[C@H](C)[C@H](NC(=O)O)C(=O)N[C@]1(C(=O)Nc2ccc(C(N)=O)cc2)CCc2[nH]c3ccccc3c2C1. The summed E-state index contributed by atoms with van der Waals surface area (Å²) in [4.78, 5) is 53.5. The number of amides is 4. The molecule has 0 spiro atoms. The molecule has 7 N–H and O–H groups in total. The smallest absolute Gasteiger partial charge is 0.405 e. The highest BCUT2D eigenvalue weighted by molar-refractivity contribution is 6.03. The largest absolute Gasteiger partial charge is 0.465 e. The Morgan fingerprint density at radius 1 is 1.11 bits per heavy atom. The van der Waals surface area contributed by atoms with Gasteiger partial charge < -0.3 is 31.8 Å². The van der Waals surface area contributed by atoms with Gasteiger partial charge in [0, 0.05) is 34.3 Å². The number of aryl methyl sites for hydroxylation is 1. The standard InChI is InChI=1S/C27H31N5O5/c1-3-15(2)22(31-26(36)37)24(34)32-27(25(35)29-17-10-8-16(9-11-17)23(28)33)13-12-21-19(14-27)18-6-4-5-7-20(18)30-21/h4-11,15,22,30-31H,3,12-14H2,1-2H3,(H2,28,33)(H,29,35)(H,32,34)(H,36,37)/t15-,22-,27+/m0/s1. The lowest BCUT2D eigenvalue weighted by Gasteiger charge is -2.38.